The van der Waals surface area contributed by atoms with Gasteiger partial charge in [0.1, 0.15) is 17.6 Å². The summed E-state index contributed by atoms with van der Waals surface area (Å²) in [7, 11) is 3.23. The van der Waals surface area contributed by atoms with Crippen molar-refractivity contribution >= 4 is 12.3 Å². The first-order valence-electron chi connectivity index (χ1n) is 11.3. The van der Waals surface area contributed by atoms with Crippen LogP contribution in [0.25, 0.3) is 0 Å². The van der Waals surface area contributed by atoms with Gasteiger partial charge in [-0.2, -0.15) is 0 Å². The van der Waals surface area contributed by atoms with Crippen molar-refractivity contribution in [1.29, 1.82) is 0 Å². The summed E-state index contributed by atoms with van der Waals surface area (Å²) in [6, 6.07) is 24.5. The number of rotatable bonds is 10. The lowest BCUT2D eigenvalue weighted by Gasteiger charge is -2.42. The zero-order valence-corrected chi connectivity index (χ0v) is 19.4. The van der Waals surface area contributed by atoms with E-state index in [1.54, 1.807) is 14.2 Å². The molecule has 1 heterocycles. The molecule has 6 nitrogen and oxygen atoms in total. The van der Waals surface area contributed by atoms with Gasteiger partial charge in [-0.05, 0) is 54.3 Å². The van der Waals surface area contributed by atoms with Crippen LogP contribution < -0.4 is 14.8 Å². The van der Waals surface area contributed by atoms with Gasteiger partial charge in [0, 0.05) is 12.0 Å². The number of benzene rings is 3. The van der Waals surface area contributed by atoms with Crippen molar-refractivity contribution < 1.29 is 23.8 Å². The summed E-state index contributed by atoms with van der Waals surface area (Å²) in [5, 5.41) is 3.63. The van der Waals surface area contributed by atoms with Crippen LogP contribution in [0.4, 0.5) is 0 Å². The third-order valence-corrected chi connectivity index (χ3v) is 6.65. The van der Waals surface area contributed by atoms with Crippen LogP contribution in [0.15, 0.2) is 78.9 Å². The molecule has 176 valence electrons. The van der Waals surface area contributed by atoms with E-state index in [0.717, 1.165) is 17.5 Å². The number of carbonyl (C=O) groups excluding carboxylic acids is 2. The van der Waals surface area contributed by atoms with E-state index in [4.69, 9.17) is 14.2 Å². The van der Waals surface area contributed by atoms with Crippen molar-refractivity contribution in [1.82, 2.24) is 5.32 Å². The van der Waals surface area contributed by atoms with E-state index in [1.165, 1.54) is 0 Å². The standard InChI is InChI=1S/C28H29NO5/c1-32-24-13-11-21(12-14-24)27(34-19-30)28(22-9-6-10-25(17-22)33-2)23(15-16-29-28)18-26(31)20-7-4-3-5-8-20/h3-14,17,19,23,27,29H,15-16,18H2,1-2H3. The van der Waals surface area contributed by atoms with Gasteiger partial charge < -0.3 is 19.5 Å². The number of ether oxygens (including phenoxy) is 3. The largest absolute Gasteiger partial charge is 0.497 e. The molecule has 1 aliphatic heterocycles. The smallest absolute Gasteiger partial charge is 0.293 e. The summed E-state index contributed by atoms with van der Waals surface area (Å²) in [6.45, 7) is 1.16. The SMILES string of the molecule is COc1ccc(C(OC=O)C2(c3cccc(OC)c3)NCCC2CC(=O)c2ccccc2)cc1. The lowest BCUT2D eigenvalue weighted by molar-refractivity contribution is -0.140. The molecular formula is C28H29NO5. The van der Waals surface area contributed by atoms with Crippen molar-refractivity contribution in [2.75, 3.05) is 20.8 Å². The normalized spacial score (nSPS) is 20.4. The Morgan fingerprint density at radius 3 is 2.41 bits per heavy atom. The van der Waals surface area contributed by atoms with Crippen LogP contribution in [-0.4, -0.2) is 33.0 Å². The minimum atomic E-state index is -0.825. The molecule has 0 spiro atoms. The van der Waals surface area contributed by atoms with E-state index in [9.17, 15) is 9.59 Å². The summed E-state index contributed by atoms with van der Waals surface area (Å²) in [4.78, 5) is 25.0. The van der Waals surface area contributed by atoms with Crippen molar-refractivity contribution in [2.45, 2.75) is 24.5 Å². The molecule has 0 bridgehead atoms. The summed E-state index contributed by atoms with van der Waals surface area (Å²) in [5.41, 5.74) is 1.56. The summed E-state index contributed by atoms with van der Waals surface area (Å²) in [5.74, 6) is 1.33. The number of ketones is 1. The number of methoxy groups -OCH3 is 2. The molecule has 6 heteroatoms. The average molecular weight is 460 g/mol. The number of carbonyl (C=O) groups is 2. The first-order chi connectivity index (χ1) is 16.6. The minimum Gasteiger partial charge on any atom is -0.497 e. The second kappa shape index (κ2) is 10.5. The number of Topliss-reactive ketones (excluding diaryl/α,β-unsaturated/α-hetero) is 1. The van der Waals surface area contributed by atoms with Gasteiger partial charge in [0.15, 0.2) is 5.78 Å². The summed E-state index contributed by atoms with van der Waals surface area (Å²) < 4.78 is 16.6. The molecule has 0 amide bonds. The minimum absolute atomic E-state index is 0.0566. The predicted molar refractivity (Wildman–Crippen MR) is 129 cm³/mol. The van der Waals surface area contributed by atoms with Crippen LogP contribution in [0.2, 0.25) is 0 Å². The fraction of sp³-hybridized carbons (Fsp3) is 0.286. The zero-order valence-electron chi connectivity index (χ0n) is 19.4. The topological polar surface area (TPSA) is 73.9 Å². The Morgan fingerprint density at radius 1 is 1.00 bits per heavy atom. The molecule has 34 heavy (non-hydrogen) atoms. The van der Waals surface area contributed by atoms with E-state index in [1.807, 2.05) is 78.9 Å². The van der Waals surface area contributed by atoms with E-state index < -0.39 is 11.6 Å². The van der Waals surface area contributed by atoms with Crippen molar-refractivity contribution in [3.63, 3.8) is 0 Å². The second-order valence-corrected chi connectivity index (χ2v) is 8.39. The Balaban J connectivity index is 1.82. The lowest BCUT2D eigenvalue weighted by Crippen LogP contribution is -2.48. The molecule has 3 unspecified atom stereocenters. The predicted octanol–water partition coefficient (Wildman–Crippen LogP) is 4.70. The molecule has 4 rings (SSSR count). The Labute approximate surface area is 199 Å². The maximum absolute atomic E-state index is 13.3. The van der Waals surface area contributed by atoms with Gasteiger partial charge in [-0.3, -0.25) is 9.59 Å². The van der Waals surface area contributed by atoms with Crippen LogP contribution in [0, 0.1) is 5.92 Å². The van der Waals surface area contributed by atoms with E-state index in [2.05, 4.69) is 5.32 Å². The first kappa shape index (κ1) is 23.5. The van der Waals surface area contributed by atoms with Crippen LogP contribution in [0.3, 0.4) is 0 Å². The molecule has 1 saturated heterocycles. The molecule has 0 aromatic heterocycles. The maximum Gasteiger partial charge on any atom is 0.293 e. The summed E-state index contributed by atoms with van der Waals surface area (Å²) >= 11 is 0. The van der Waals surface area contributed by atoms with Crippen LogP contribution >= 0.6 is 0 Å². The fourth-order valence-electron chi connectivity index (χ4n) is 5.01. The molecular weight excluding hydrogens is 430 g/mol. The Hall–Kier alpha value is -3.64. The second-order valence-electron chi connectivity index (χ2n) is 8.39. The highest BCUT2D eigenvalue weighted by Gasteiger charge is 2.52. The molecule has 0 radical (unpaired) electrons. The third kappa shape index (κ3) is 4.54. The van der Waals surface area contributed by atoms with Gasteiger partial charge in [0.05, 0.1) is 19.8 Å². The fourth-order valence-corrected chi connectivity index (χ4v) is 5.01. The monoisotopic (exact) mass is 459 g/mol. The maximum atomic E-state index is 13.3. The number of nitrogens with one attached hydrogen (secondary N) is 1. The lowest BCUT2D eigenvalue weighted by atomic mass is 9.71. The van der Waals surface area contributed by atoms with Gasteiger partial charge in [0.2, 0.25) is 0 Å². The van der Waals surface area contributed by atoms with Gasteiger partial charge >= 0.3 is 0 Å². The molecule has 3 aromatic carbocycles. The first-order valence-corrected chi connectivity index (χ1v) is 11.3. The Kier molecular flexibility index (Phi) is 7.28. The van der Waals surface area contributed by atoms with Crippen LogP contribution in [-0.2, 0) is 15.1 Å². The van der Waals surface area contributed by atoms with Crippen molar-refractivity contribution in [3.05, 3.63) is 95.6 Å². The number of hydrogen-bond donors (Lipinski definition) is 1. The molecule has 1 aliphatic rings. The van der Waals surface area contributed by atoms with Gasteiger partial charge in [0.25, 0.3) is 6.47 Å². The molecule has 0 saturated carbocycles. The van der Waals surface area contributed by atoms with E-state index in [-0.39, 0.29) is 11.7 Å². The summed E-state index contributed by atoms with van der Waals surface area (Å²) in [6.07, 6.45) is 0.396. The zero-order chi connectivity index (χ0) is 24.0. The highest BCUT2D eigenvalue weighted by Crippen LogP contribution is 2.49. The molecule has 3 aromatic rings. The van der Waals surface area contributed by atoms with Gasteiger partial charge in [-0.25, -0.2) is 0 Å². The Morgan fingerprint density at radius 2 is 1.74 bits per heavy atom. The van der Waals surface area contributed by atoms with Gasteiger partial charge in [-0.15, -0.1) is 0 Å². The van der Waals surface area contributed by atoms with Gasteiger partial charge in [-0.1, -0.05) is 54.6 Å². The molecule has 1 fully saturated rings. The Bertz CT molecular complexity index is 1120. The molecule has 3 atom stereocenters. The average Bonchev–Trinajstić information content (AvgIpc) is 3.31. The van der Waals surface area contributed by atoms with Crippen LogP contribution in [0.5, 0.6) is 11.5 Å². The third-order valence-electron chi connectivity index (χ3n) is 6.65. The van der Waals surface area contributed by atoms with Crippen molar-refractivity contribution in [2.24, 2.45) is 5.92 Å². The quantitative estimate of drug-likeness (QED) is 0.350. The van der Waals surface area contributed by atoms with E-state index >= 15 is 0 Å². The number of hydrogen-bond acceptors (Lipinski definition) is 6. The molecule has 0 aliphatic carbocycles. The van der Waals surface area contributed by atoms with Crippen LogP contribution in [0.1, 0.15) is 40.4 Å². The highest BCUT2D eigenvalue weighted by atomic mass is 16.5. The highest BCUT2D eigenvalue weighted by molar-refractivity contribution is 5.96. The van der Waals surface area contributed by atoms with Crippen molar-refractivity contribution in [3.8, 4) is 11.5 Å². The molecule has 1 N–H and O–H groups in total. The van der Waals surface area contributed by atoms with E-state index in [0.29, 0.717) is 36.5 Å².